The molecule has 1 saturated heterocycles. The van der Waals surface area contributed by atoms with E-state index in [2.05, 4.69) is 40.7 Å². The van der Waals surface area contributed by atoms with Crippen LogP contribution in [0.2, 0.25) is 5.02 Å². The van der Waals surface area contributed by atoms with Crippen molar-refractivity contribution in [3.8, 4) is 0 Å². The molecule has 28 heavy (non-hydrogen) atoms. The Labute approximate surface area is 171 Å². The number of nitrogens with zero attached hydrogens (tertiary/aromatic N) is 3. The van der Waals surface area contributed by atoms with E-state index in [9.17, 15) is 4.91 Å². The number of hydrogen-bond donors (Lipinski definition) is 2. The van der Waals surface area contributed by atoms with E-state index in [1.54, 1.807) is 7.05 Å². The standard InChI is InChI=1S/C21H28ClN5O/c1-14-7-9-27(10-8-14)21-11-15(2)18(13-17(21)22)24-16-5-6-20(26(4)25-28)19(12-16)23-3/h5-6,11-14,23-24H,7-10H2,1-4H3. The molecule has 1 aliphatic heterocycles. The van der Waals surface area contributed by atoms with E-state index in [-0.39, 0.29) is 0 Å². The fourth-order valence-electron chi connectivity index (χ4n) is 3.59. The molecule has 0 unspecified atom stereocenters. The van der Waals surface area contributed by atoms with Gasteiger partial charge in [0.05, 0.1) is 27.4 Å². The molecule has 0 radical (unpaired) electrons. The highest BCUT2D eigenvalue weighted by Gasteiger charge is 2.19. The number of piperidine rings is 1. The zero-order valence-electron chi connectivity index (χ0n) is 16.9. The second-order valence-electron chi connectivity index (χ2n) is 7.50. The van der Waals surface area contributed by atoms with E-state index >= 15 is 0 Å². The van der Waals surface area contributed by atoms with Crippen molar-refractivity contribution >= 4 is 40.0 Å². The third kappa shape index (κ3) is 4.33. The molecule has 2 N–H and O–H groups in total. The van der Waals surface area contributed by atoms with Crippen LogP contribution in [0.25, 0.3) is 0 Å². The minimum absolute atomic E-state index is 0.715. The summed E-state index contributed by atoms with van der Waals surface area (Å²) < 4.78 is 0. The normalized spacial score (nSPS) is 14.7. The number of benzene rings is 2. The predicted molar refractivity (Wildman–Crippen MR) is 120 cm³/mol. The van der Waals surface area contributed by atoms with Crippen molar-refractivity contribution in [2.75, 3.05) is 47.7 Å². The molecule has 1 fully saturated rings. The summed E-state index contributed by atoms with van der Waals surface area (Å²) in [6.07, 6.45) is 2.41. The van der Waals surface area contributed by atoms with Crippen LogP contribution in [0.4, 0.5) is 28.4 Å². The molecule has 7 heteroatoms. The highest BCUT2D eigenvalue weighted by molar-refractivity contribution is 6.33. The third-order valence-electron chi connectivity index (χ3n) is 5.43. The number of aryl methyl sites for hydroxylation is 1. The van der Waals surface area contributed by atoms with Gasteiger partial charge < -0.3 is 15.5 Å². The summed E-state index contributed by atoms with van der Waals surface area (Å²) in [5.41, 5.74) is 5.66. The van der Waals surface area contributed by atoms with Crippen molar-refractivity contribution < 1.29 is 0 Å². The van der Waals surface area contributed by atoms with Crippen LogP contribution in [-0.4, -0.2) is 27.2 Å². The molecule has 1 heterocycles. The van der Waals surface area contributed by atoms with Gasteiger partial charge >= 0.3 is 0 Å². The molecule has 0 spiro atoms. The molecule has 0 bridgehead atoms. The van der Waals surface area contributed by atoms with Crippen LogP contribution in [0.5, 0.6) is 0 Å². The quantitative estimate of drug-likeness (QED) is 0.474. The molecule has 150 valence electrons. The Bertz CT molecular complexity index is 849. The Morgan fingerprint density at radius 2 is 1.89 bits per heavy atom. The summed E-state index contributed by atoms with van der Waals surface area (Å²) in [5, 5.41) is 11.6. The molecule has 1 aliphatic rings. The molecule has 0 atom stereocenters. The maximum absolute atomic E-state index is 10.8. The van der Waals surface area contributed by atoms with E-state index in [1.807, 2.05) is 31.3 Å². The van der Waals surface area contributed by atoms with E-state index in [1.165, 1.54) is 17.9 Å². The number of rotatable bonds is 6. The van der Waals surface area contributed by atoms with Crippen LogP contribution in [0.3, 0.4) is 0 Å². The molecule has 0 aliphatic carbocycles. The van der Waals surface area contributed by atoms with Gasteiger partial charge in [0.15, 0.2) is 0 Å². The van der Waals surface area contributed by atoms with Gasteiger partial charge in [0.25, 0.3) is 0 Å². The first-order valence-electron chi connectivity index (χ1n) is 9.64. The number of hydrogen-bond acceptors (Lipinski definition) is 5. The maximum Gasteiger partial charge on any atom is 0.0855 e. The molecule has 3 rings (SSSR count). The van der Waals surface area contributed by atoms with E-state index < -0.39 is 0 Å². The van der Waals surface area contributed by atoms with Gasteiger partial charge in [0, 0.05) is 38.6 Å². The van der Waals surface area contributed by atoms with Crippen LogP contribution >= 0.6 is 11.6 Å². The first-order valence-corrected chi connectivity index (χ1v) is 10.0. The zero-order chi connectivity index (χ0) is 20.3. The molecule has 0 aromatic heterocycles. The van der Waals surface area contributed by atoms with Gasteiger partial charge in [-0.05, 0) is 61.6 Å². The molecular weight excluding hydrogens is 374 g/mol. The van der Waals surface area contributed by atoms with E-state index in [0.29, 0.717) is 5.69 Å². The van der Waals surface area contributed by atoms with Crippen molar-refractivity contribution in [1.29, 1.82) is 0 Å². The van der Waals surface area contributed by atoms with E-state index in [4.69, 9.17) is 11.6 Å². The SMILES string of the molecule is CNc1cc(Nc2cc(Cl)c(N3CCC(C)CC3)cc2C)ccc1N(C)N=O. The minimum atomic E-state index is 0.715. The summed E-state index contributed by atoms with van der Waals surface area (Å²) in [6.45, 7) is 6.51. The summed E-state index contributed by atoms with van der Waals surface area (Å²) >= 11 is 6.63. The number of nitroso groups, excluding NO2 is 1. The van der Waals surface area contributed by atoms with Gasteiger partial charge in [-0.25, -0.2) is 5.01 Å². The first kappa shape index (κ1) is 20.3. The monoisotopic (exact) mass is 401 g/mol. The van der Waals surface area contributed by atoms with Gasteiger partial charge in [-0.15, -0.1) is 4.91 Å². The van der Waals surface area contributed by atoms with Crippen molar-refractivity contribution in [2.45, 2.75) is 26.7 Å². The van der Waals surface area contributed by atoms with Crippen molar-refractivity contribution in [3.05, 3.63) is 45.8 Å². The average molecular weight is 402 g/mol. The van der Waals surface area contributed by atoms with Crippen LogP contribution in [0.15, 0.2) is 35.6 Å². The molecule has 6 nitrogen and oxygen atoms in total. The highest BCUT2D eigenvalue weighted by Crippen LogP contribution is 2.36. The lowest BCUT2D eigenvalue weighted by atomic mass is 9.98. The van der Waals surface area contributed by atoms with Crippen LogP contribution in [0.1, 0.15) is 25.3 Å². The Kier molecular flexibility index (Phi) is 6.29. The van der Waals surface area contributed by atoms with Crippen molar-refractivity contribution in [2.24, 2.45) is 11.2 Å². The van der Waals surface area contributed by atoms with Gasteiger partial charge in [0.2, 0.25) is 0 Å². The number of halogens is 1. The largest absolute Gasteiger partial charge is 0.386 e. The van der Waals surface area contributed by atoms with Crippen molar-refractivity contribution in [1.82, 2.24) is 0 Å². The second-order valence-corrected chi connectivity index (χ2v) is 7.91. The summed E-state index contributed by atoms with van der Waals surface area (Å²) in [6, 6.07) is 9.89. The minimum Gasteiger partial charge on any atom is -0.386 e. The third-order valence-corrected chi connectivity index (χ3v) is 5.74. The van der Waals surface area contributed by atoms with Gasteiger partial charge in [-0.1, -0.05) is 18.5 Å². The lowest BCUT2D eigenvalue weighted by Gasteiger charge is -2.33. The fourth-order valence-corrected chi connectivity index (χ4v) is 3.87. The number of nitrogens with one attached hydrogen (secondary N) is 2. The van der Waals surface area contributed by atoms with Crippen molar-refractivity contribution in [3.63, 3.8) is 0 Å². The molecule has 2 aromatic carbocycles. The predicted octanol–water partition coefficient (Wildman–Crippen LogP) is 5.79. The zero-order valence-corrected chi connectivity index (χ0v) is 17.7. The lowest BCUT2D eigenvalue weighted by molar-refractivity contribution is 0.438. The Hall–Kier alpha value is -2.47. The smallest absolute Gasteiger partial charge is 0.0855 e. The molecule has 0 amide bonds. The molecule has 0 saturated carbocycles. The van der Waals surface area contributed by atoms with E-state index in [0.717, 1.165) is 52.3 Å². The Balaban J connectivity index is 1.83. The fraction of sp³-hybridized carbons (Fsp3) is 0.429. The molecule has 2 aromatic rings. The Morgan fingerprint density at radius 3 is 2.54 bits per heavy atom. The van der Waals surface area contributed by atoms with Crippen LogP contribution in [0, 0.1) is 17.7 Å². The first-order chi connectivity index (χ1) is 13.4. The molecular formula is C21H28ClN5O. The summed E-state index contributed by atoms with van der Waals surface area (Å²) in [5.74, 6) is 0.787. The maximum atomic E-state index is 10.8. The van der Waals surface area contributed by atoms with Crippen LogP contribution in [-0.2, 0) is 0 Å². The highest BCUT2D eigenvalue weighted by atomic mass is 35.5. The lowest BCUT2D eigenvalue weighted by Crippen LogP contribution is -2.33. The van der Waals surface area contributed by atoms with Gasteiger partial charge in [-0.2, -0.15) is 0 Å². The van der Waals surface area contributed by atoms with Gasteiger partial charge in [-0.3, -0.25) is 0 Å². The van der Waals surface area contributed by atoms with Gasteiger partial charge in [0.1, 0.15) is 0 Å². The number of anilines is 5. The summed E-state index contributed by atoms with van der Waals surface area (Å²) in [4.78, 5) is 13.2. The Morgan fingerprint density at radius 1 is 1.18 bits per heavy atom. The average Bonchev–Trinajstić information content (AvgIpc) is 2.70. The second kappa shape index (κ2) is 8.69. The summed E-state index contributed by atoms with van der Waals surface area (Å²) in [7, 11) is 3.44. The van der Waals surface area contributed by atoms with Crippen LogP contribution < -0.4 is 20.5 Å². The topological polar surface area (TPSA) is 60.0 Å².